The van der Waals surface area contributed by atoms with Gasteiger partial charge in [0.1, 0.15) is 5.65 Å². The summed E-state index contributed by atoms with van der Waals surface area (Å²) >= 11 is 0. The van der Waals surface area contributed by atoms with Crippen LogP contribution in [0.3, 0.4) is 0 Å². The zero-order valence-electron chi connectivity index (χ0n) is 26.6. The molecule has 0 bridgehead atoms. The average molecular weight is 649 g/mol. The number of hydrogen-bond donors (Lipinski definition) is 1. The van der Waals surface area contributed by atoms with Crippen molar-refractivity contribution in [1.29, 1.82) is 0 Å². The number of likely N-dealkylation sites (tertiary alicyclic amines) is 1. The van der Waals surface area contributed by atoms with Crippen molar-refractivity contribution in [1.82, 2.24) is 23.7 Å². The molecular formula is C37H40N6O3S. The van der Waals surface area contributed by atoms with Gasteiger partial charge in [-0.3, -0.25) is 14.3 Å². The number of hydrogen-bond acceptors (Lipinski definition) is 7. The van der Waals surface area contributed by atoms with Crippen molar-refractivity contribution in [2.24, 2.45) is 0 Å². The molecule has 1 N–H and O–H groups in total. The Bertz CT molecular complexity index is 2020. The number of aromatic nitrogens is 3. The molecule has 2 fully saturated rings. The van der Waals surface area contributed by atoms with Gasteiger partial charge in [-0.05, 0) is 67.5 Å². The molecule has 0 amide bonds. The number of benzene rings is 3. The van der Waals surface area contributed by atoms with Crippen molar-refractivity contribution < 1.29 is 8.42 Å². The Hall–Kier alpha value is -4.38. The summed E-state index contributed by atoms with van der Waals surface area (Å²) in [6.45, 7) is 5.54. The lowest BCUT2D eigenvalue weighted by Gasteiger charge is -2.33. The fourth-order valence-electron chi connectivity index (χ4n) is 6.94. The van der Waals surface area contributed by atoms with Crippen LogP contribution in [0.1, 0.15) is 42.9 Å². The van der Waals surface area contributed by atoms with Crippen molar-refractivity contribution in [3.8, 4) is 11.1 Å². The van der Waals surface area contributed by atoms with E-state index in [1.807, 2.05) is 60.2 Å². The zero-order valence-corrected chi connectivity index (χ0v) is 27.4. The van der Waals surface area contributed by atoms with Crippen LogP contribution in [0.5, 0.6) is 0 Å². The van der Waals surface area contributed by atoms with E-state index in [1.165, 1.54) is 5.56 Å². The van der Waals surface area contributed by atoms with Gasteiger partial charge >= 0.3 is 0 Å². The fourth-order valence-corrected chi connectivity index (χ4v) is 8.43. The maximum atomic E-state index is 14.4. The van der Waals surface area contributed by atoms with Gasteiger partial charge in [0.25, 0.3) is 5.56 Å². The maximum Gasteiger partial charge on any atom is 0.260 e. The summed E-state index contributed by atoms with van der Waals surface area (Å²) in [5, 5.41) is 4.28. The number of sulfonamides is 1. The third kappa shape index (κ3) is 6.58. The normalized spacial score (nSPS) is 17.2. The molecule has 4 heterocycles. The monoisotopic (exact) mass is 648 g/mol. The molecule has 0 spiro atoms. The van der Waals surface area contributed by atoms with Crippen molar-refractivity contribution >= 4 is 27.0 Å². The van der Waals surface area contributed by atoms with Crippen molar-refractivity contribution in [2.75, 3.05) is 31.5 Å². The highest BCUT2D eigenvalue weighted by molar-refractivity contribution is 7.89. The molecule has 0 radical (unpaired) electrons. The number of nitrogens with one attached hydrogen (secondary N) is 1. The molecule has 0 unspecified atom stereocenters. The highest BCUT2D eigenvalue weighted by Crippen LogP contribution is 2.30. The molecule has 2 aliphatic rings. The first kappa shape index (κ1) is 31.2. The van der Waals surface area contributed by atoms with Gasteiger partial charge in [-0.1, -0.05) is 72.8 Å². The third-order valence-electron chi connectivity index (χ3n) is 9.55. The molecule has 3 aromatic carbocycles. The predicted octanol–water partition coefficient (Wildman–Crippen LogP) is 5.87. The van der Waals surface area contributed by atoms with E-state index < -0.39 is 10.0 Å². The summed E-state index contributed by atoms with van der Waals surface area (Å²) in [6.07, 6.45) is 4.76. The first-order chi connectivity index (χ1) is 22.9. The lowest BCUT2D eigenvalue weighted by atomic mass is 9.99. The second-order valence-corrected chi connectivity index (χ2v) is 14.6. The number of fused-ring (bicyclic) bond motifs is 1. The fraction of sp³-hybridized carbons (Fsp3) is 0.324. The van der Waals surface area contributed by atoms with Gasteiger partial charge in [0.05, 0.1) is 4.90 Å². The Morgan fingerprint density at radius 2 is 1.47 bits per heavy atom. The summed E-state index contributed by atoms with van der Waals surface area (Å²) in [7, 11) is -3.53. The lowest BCUT2D eigenvalue weighted by Crippen LogP contribution is -2.42. The highest BCUT2D eigenvalue weighted by Gasteiger charge is 2.30. The SMILES string of the molecule is Cc1ccccc1-c1cc2cnc(NC3CCN(S(=O)(=O)c4ccccc4)CC3)nc2n(C2CCN(Cc3ccccc3)CC2)c1=O. The number of aryl methyl sites for hydroxylation is 1. The van der Waals surface area contributed by atoms with Crippen LogP contribution >= 0.6 is 0 Å². The van der Waals surface area contributed by atoms with Crippen LogP contribution in [-0.2, 0) is 16.6 Å². The van der Waals surface area contributed by atoms with E-state index in [0.29, 0.717) is 48.0 Å². The highest BCUT2D eigenvalue weighted by atomic mass is 32.2. The van der Waals surface area contributed by atoms with Crippen molar-refractivity contribution in [3.05, 3.63) is 119 Å². The van der Waals surface area contributed by atoms with Crippen LogP contribution in [0, 0.1) is 6.92 Å². The van der Waals surface area contributed by atoms with Crippen LogP contribution < -0.4 is 10.9 Å². The van der Waals surface area contributed by atoms with Crippen LogP contribution in [0.25, 0.3) is 22.2 Å². The van der Waals surface area contributed by atoms with Crippen molar-refractivity contribution in [2.45, 2.75) is 56.1 Å². The molecule has 7 rings (SSSR count). The molecule has 47 heavy (non-hydrogen) atoms. The van der Waals surface area contributed by atoms with Gasteiger partial charge in [-0.2, -0.15) is 9.29 Å². The van der Waals surface area contributed by atoms with E-state index in [1.54, 1.807) is 28.6 Å². The van der Waals surface area contributed by atoms with E-state index in [-0.39, 0.29) is 17.6 Å². The van der Waals surface area contributed by atoms with Gasteiger partial charge < -0.3 is 5.32 Å². The first-order valence-corrected chi connectivity index (χ1v) is 17.9. The lowest BCUT2D eigenvalue weighted by molar-refractivity contribution is 0.180. The van der Waals surface area contributed by atoms with E-state index in [2.05, 4.69) is 39.5 Å². The molecule has 2 aromatic heterocycles. The Labute approximate surface area is 276 Å². The molecule has 2 saturated heterocycles. The molecular weight excluding hydrogens is 609 g/mol. The second kappa shape index (κ2) is 13.4. The standard InChI is InChI=1S/C37H40N6O3S/c1-27-10-8-9-15-33(27)34-24-29-25-38-37(39-30-16-22-42(23-17-30)47(45,46)32-13-6-3-7-14-32)40-35(29)43(36(34)44)31-18-20-41(21-19-31)26-28-11-4-2-5-12-28/h2-15,24-25,30-31H,16-23,26H2,1H3,(H,38,39,40). The van der Waals surface area contributed by atoms with Crippen LogP contribution in [-0.4, -0.2) is 64.4 Å². The smallest absolute Gasteiger partial charge is 0.260 e. The predicted molar refractivity (Wildman–Crippen MR) is 186 cm³/mol. The molecule has 242 valence electrons. The summed E-state index contributed by atoms with van der Waals surface area (Å²) < 4.78 is 29.7. The maximum absolute atomic E-state index is 14.4. The van der Waals surface area contributed by atoms with Gasteiger partial charge in [0.2, 0.25) is 16.0 Å². The minimum atomic E-state index is -3.53. The quantitative estimate of drug-likeness (QED) is 0.225. The Balaban J connectivity index is 1.15. The van der Waals surface area contributed by atoms with E-state index in [4.69, 9.17) is 4.98 Å². The number of nitrogens with zero attached hydrogens (tertiary/aromatic N) is 5. The van der Waals surface area contributed by atoms with Crippen LogP contribution in [0.15, 0.2) is 107 Å². The molecule has 10 heteroatoms. The van der Waals surface area contributed by atoms with Crippen LogP contribution in [0.2, 0.25) is 0 Å². The third-order valence-corrected chi connectivity index (χ3v) is 11.5. The summed E-state index contributed by atoms with van der Waals surface area (Å²) in [5.41, 5.74) is 4.54. The Morgan fingerprint density at radius 1 is 0.809 bits per heavy atom. The summed E-state index contributed by atoms with van der Waals surface area (Å²) in [6, 6.07) is 29.0. The zero-order chi connectivity index (χ0) is 32.4. The molecule has 2 aliphatic heterocycles. The largest absolute Gasteiger partial charge is 0.351 e. The number of piperidine rings is 2. The van der Waals surface area contributed by atoms with Gasteiger partial charge in [0.15, 0.2) is 0 Å². The Kier molecular flexibility index (Phi) is 8.90. The topological polar surface area (TPSA) is 100 Å². The van der Waals surface area contributed by atoms with Gasteiger partial charge in [0, 0.05) is 62.0 Å². The average Bonchev–Trinajstić information content (AvgIpc) is 3.10. The summed E-state index contributed by atoms with van der Waals surface area (Å²) in [5.74, 6) is 0.458. The summed E-state index contributed by atoms with van der Waals surface area (Å²) in [4.78, 5) is 26.8. The molecule has 9 nitrogen and oxygen atoms in total. The van der Waals surface area contributed by atoms with E-state index >= 15 is 0 Å². The van der Waals surface area contributed by atoms with E-state index in [9.17, 15) is 13.2 Å². The molecule has 0 aliphatic carbocycles. The number of rotatable bonds is 8. The molecule has 0 saturated carbocycles. The minimum Gasteiger partial charge on any atom is -0.351 e. The van der Waals surface area contributed by atoms with Crippen molar-refractivity contribution in [3.63, 3.8) is 0 Å². The number of pyridine rings is 1. The molecule has 5 aromatic rings. The first-order valence-electron chi connectivity index (χ1n) is 16.4. The number of anilines is 1. The van der Waals surface area contributed by atoms with Gasteiger partial charge in [-0.25, -0.2) is 13.4 Å². The Morgan fingerprint density at radius 3 is 2.17 bits per heavy atom. The second-order valence-electron chi connectivity index (χ2n) is 12.6. The minimum absolute atomic E-state index is 0.00942. The van der Waals surface area contributed by atoms with Gasteiger partial charge in [-0.15, -0.1) is 0 Å². The van der Waals surface area contributed by atoms with E-state index in [0.717, 1.165) is 49.0 Å². The van der Waals surface area contributed by atoms with Crippen LogP contribution in [0.4, 0.5) is 5.95 Å². The molecule has 0 atom stereocenters.